The lowest BCUT2D eigenvalue weighted by atomic mass is 10.2. The molecule has 0 saturated heterocycles. The number of anilines is 1. The number of aromatic nitrogens is 3. The molecule has 1 amide bonds. The molecule has 0 spiro atoms. The second kappa shape index (κ2) is 6.70. The van der Waals surface area contributed by atoms with Gasteiger partial charge in [0.05, 0.1) is 18.4 Å². The van der Waals surface area contributed by atoms with Crippen LogP contribution in [0.15, 0.2) is 59.2 Å². The monoisotopic (exact) mass is 374 g/mol. The minimum atomic E-state index is -0.524. The minimum absolute atomic E-state index is 0.0933. The van der Waals surface area contributed by atoms with E-state index in [0.717, 1.165) is 5.56 Å². The van der Waals surface area contributed by atoms with Crippen LogP contribution in [-0.4, -0.2) is 20.9 Å². The number of hydrogen-bond acceptors (Lipinski definition) is 3. The zero-order valence-electron chi connectivity index (χ0n) is 11.9. The first kappa shape index (κ1) is 15.4. The van der Waals surface area contributed by atoms with E-state index in [1.807, 2.05) is 30.3 Å². The lowest BCUT2D eigenvalue weighted by Crippen LogP contribution is -2.13. The van der Waals surface area contributed by atoms with Crippen LogP contribution in [0.1, 0.15) is 16.1 Å². The van der Waals surface area contributed by atoms with Gasteiger partial charge in [-0.1, -0.05) is 51.5 Å². The van der Waals surface area contributed by atoms with E-state index < -0.39 is 11.7 Å². The van der Waals surface area contributed by atoms with Crippen LogP contribution in [0, 0.1) is 5.82 Å². The largest absolute Gasteiger partial charge is 0.318 e. The molecule has 0 unspecified atom stereocenters. The van der Waals surface area contributed by atoms with Gasteiger partial charge in [0.1, 0.15) is 5.82 Å². The first-order chi connectivity index (χ1) is 11.1. The molecule has 0 radical (unpaired) electrons. The van der Waals surface area contributed by atoms with Crippen molar-refractivity contribution in [3.05, 3.63) is 76.3 Å². The summed E-state index contributed by atoms with van der Waals surface area (Å²) < 4.78 is 15.9. The number of carbonyl (C=O) groups is 1. The van der Waals surface area contributed by atoms with Crippen LogP contribution in [0.25, 0.3) is 0 Å². The number of nitrogens with zero attached hydrogens (tertiary/aromatic N) is 3. The van der Waals surface area contributed by atoms with Gasteiger partial charge in [-0.25, -0.2) is 9.07 Å². The molecule has 0 aliphatic heterocycles. The van der Waals surface area contributed by atoms with E-state index in [9.17, 15) is 9.18 Å². The predicted octanol–water partition coefficient (Wildman–Crippen LogP) is 3.48. The molecule has 23 heavy (non-hydrogen) atoms. The molecular weight excluding hydrogens is 363 g/mol. The highest BCUT2D eigenvalue weighted by molar-refractivity contribution is 9.10. The number of rotatable bonds is 4. The quantitative estimate of drug-likeness (QED) is 0.760. The van der Waals surface area contributed by atoms with Crippen molar-refractivity contribution in [3.8, 4) is 0 Å². The number of benzene rings is 2. The second-order valence-electron chi connectivity index (χ2n) is 4.87. The molecule has 3 aromatic rings. The number of halogens is 2. The molecule has 0 atom stereocenters. The van der Waals surface area contributed by atoms with Gasteiger partial charge in [0.25, 0.3) is 5.91 Å². The van der Waals surface area contributed by atoms with Crippen molar-refractivity contribution in [3.63, 3.8) is 0 Å². The van der Waals surface area contributed by atoms with Crippen molar-refractivity contribution in [2.45, 2.75) is 6.54 Å². The van der Waals surface area contributed by atoms with Crippen molar-refractivity contribution >= 4 is 27.5 Å². The Labute approximate surface area is 140 Å². The highest BCUT2D eigenvalue weighted by Crippen LogP contribution is 2.19. The molecule has 0 saturated carbocycles. The van der Waals surface area contributed by atoms with Gasteiger partial charge >= 0.3 is 0 Å². The summed E-state index contributed by atoms with van der Waals surface area (Å²) in [6.07, 6.45) is 1.53. The molecule has 7 heteroatoms. The predicted molar refractivity (Wildman–Crippen MR) is 87.6 cm³/mol. The van der Waals surface area contributed by atoms with Crippen LogP contribution in [0.4, 0.5) is 10.1 Å². The number of hydrogen-bond donors (Lipinski definition) is 1. The molecule has 116 valence electrons. The topological polar surface area (TPSA) is 59.8 Å². The Bertz CT molecular complexity index is 835. The number of carbonyl (C=O) groups excluding carboxylic acids is 1. The Balaban J connectivity index is 1.71. The standard InChI is InChI=1S/C16H12BrFN4O/c17-12-6-7-14(13(18)8-12)19-16(23)15-10-22(21-20-15)9-11-4-2-1-3-5-11/h1-8,10H,9H2,(H,19,23). The Hall–Kier alpha value is -2.54. The molecule has 0 fully saturated rings. The van der Waals surface area contributed by atoms with Gasteiger partial charge in [-0.2, -0.15) is 0 Å². The van der Waals surface area contributed by atoms with Gasteiger partial charge in [-0.3, -0.25) is 4.79 Å². The van der Waals surface area contributed by atoms with E-state index in [1.165, 1.54) is 18.3 Å². The maximum atomic E-state index is 13.7. The molecule has 0 aliphatic carbocycles. The van der Waals surface area contributed by atoms with Crippen LogP contribution in [0.2, 0.25) is 0 Å². The van der Waals surface area contributed by atoms with Gasteiger partial charge in [-0.15, -0.1) is 5.10 Å². The SMILES string of the molecule is O=C(Nc1ccc(Br)cc1F)c1cn(Cc2ccccc2)nn1. The molecule has 1 aromatic heterocycles. The third-order valence-electron chi connectivity index (χ3n) is 3.14. The van der Waals surface area contributed by atoms with Gasteiger partial charge < -0.3 is 5.32 Å². The molecule has 1 heterocycles. The third-order valence-corrected chi connectivity index (χ3v) is 3.63. The normalized spacial score (nSPS) is 10.5. The Kier molecular flexibility index (Phi) is 4.47. The van der Waals surface area contributed by atoms with Crippen LogP contribution in [0.3, 0.4) is 0 Å². The van der Waals surface area contributed by atoms with Crippen molar-refractivity contribution in [1.29, 1.82) is 0 Å². The Morgan fingerprint density at radius 1 is 1.22 bits per heavy atom. The maximum Gasteiger partial charge on any atom is 0.277 e. The van der Waals surface area contributed by atoms with Gasteiger partial charge in [0, 0.05) is 4.47 Å². The molecule has 2 aromatic carbocycles. The molecule has 3 rings (SSSR count). The highest BCUT2D eigenvalue weighted by atomic mass is 79.9. The summed E-state index contributed by atoms with van der Waals surface area (Å²) in [5.41, 5.74) is 1.27. The molecule has 0 aliphatic rings. The van der Waals surface area contributed by atoms with Gasteiger partial charge in [0.2, 0.25) is 0 Å². The zero-order valence-corrected chi connectivity index (χ0v) is 13.5. The van der Waals surface area contributed by atoms with E-state index >= 15 is 0 Å². The smallest absolute Gasteiger partial charge is 0.277 e. The zero-order chi connectivity index (χ0) is 16.2. The summed E-state index contributed by atoms with van der Waals surface area (Å²) >= 11 is 3.16. The first-order valence-corrected chi connectivity index (χ1v) is 7.61. The van der Waals surface area contributed by atoms with E-state index in [0.29, 0.717) is 11.0 Å². The van der Waals surface area contributed by atoms with Gasteiger partial charge in [-0.05, 0) is 23.8 Å². The first-order valence-electron chi connectivity index (χ1n) is 6.82. The summed E-state index contributed by atoms with van der Waals surface area (Å²) in [6, 6.07) is 14.1. The molecule has 5 nitrogen and oxygen atoms in total. The fraction of sp³-hybridized carbons (Fsp3) is 0.0625. The molecule has 0 bridgehead atoms. The molecule has 1 N–H and O–H groups in total. The van der Waals surface area contributed by atoms with Crippen molar-refractivity contribution in [2.24, 2.45) is 0 Å². The van der Waals surface area contributed by atoms with Crippen LogP contribution >= 0.6 is 15.9 Å². The van der Waals surface area contributed by atoms with Crippen LogP contribution in [-0.2, 0) is 6.54 Å². The minimum Gasteiger partial charge on any atom is -0.318 e. The number of nitrogens with one attached hydrogen (secondary N) is 1. The van der Waals surface area contributed by atoms with Crippen molar-refractivity contribution < 1.29 is 9.18 Å². The summed E-state index contributed by atoms with van der Waals surface area (Å²) in [5.74, 6) is -1.03. The van der Waals surface area contributed by atoms with Crippen LogP contribution < -0.4 is 5.32 Å². The van der Waals surface area contributed by atoms with Crippen molar-refractivity contribution in [1.82, 2.24) is 15.0 Å². The van der Waals surface area contributed by atoms with E-state index in [4.69, 9.17) is 0 Å². The van der Waals surface area contributed by atoms with E-state index in [1.54, 1.807) is 10.7 Å². The lowest BCUT2D eigenvalue weighted by molar-refractivity contribution is 0.102. The lowest BCUT2D eigenvalue weighted by Gasteiger charge is -2.04. The van der Waals surface area contributed by atoms with Crippen molar-refractivity contribution in [2.75, 3.05) is 5.32 Å². The Morgan fingerprint density at radius 2 is 2.00 bits per heavy atom. The maximum absolute atomic E-state index is 13.7. The van der Waals surface area contributed by atoms with E-state index in [-0.39, 0.29) is 11.4 Å². The number of amides is 1. The summed E-state index contributed by atoms with van der Waals surface area (Å²) in [7, 11) is 0. The average molecular weight is 375 g/mol. The summed E-state index contributed by atoms with van der Waals surface area (Å²) in [5, 5.41) is 10.2. The van der Waals surface area contributed by atoms with E-state index in [2.05, 4.69) is 31.6 Å². The summed E-state index contributed by atoms with van der Waals surface area (Å²) in [4.78, 5) is 12.1. The van der Waals surface area contributed by atoms with Gasteiger partial charge in [0.15, 0.2) is 5.69 Å². The second-order valence-corrected chi connectivity index (χ2v) is 5.78. The highest BCUT2D eigenvalue weighted by Gasteiger charge is 2.13. The third kappa shape index (κ3) is 3.81. The average Bonchev–Trinajstić information content (AvgIpc) is 3.00. The van der Waals surface area contributed by atoms with Crippen LogP contribution in [0.5, 0.6) is 0 Å². The fourth-order valence-corrected chi connectivity index (χ4v) is 2.36. The Morgan fingerprint density at radius 3 is 2.74 bits per heavy atom. The summed E-state index contributed by atoms with van der Waals surface area (Å²) in [6.45, 7) is 0.508. The molecular formula is C16H12BrFN4O. The fourth-order valence-electron chi connectivity index (χ4n) is 2.03.